The van der Waals surface area contributed by atoms with E-state index in [1.165, 1.54) is 40.3 Å². The molecule has 2 nitrogen and oxygen atoms in total. The van der Waals surface area contributed by atoms with Crippen molar-refractivity contribution in [2.24, 2.45) is 0 Å². The van der Waals surface area contributed by atoms with Crippen molar-refractivity contribution in [1.29, 1.82) is 0 Å². The fraction of sp³-hybridized carbons (Fsp3) is 0.346. The first-order valence-corrected chi connectivity index (χ1v) is 11.0. The maximum atomic E-state index is 11.1. The van der Waals surface area contributed by atoms with Crippen LogP contribution in [0.1, 0.15) is 61.3 Å². The smallest absolute Gasteiger partial charge is 0.221 e. The number of aryl methyl sites for hydroxylation is 1. The molecule has 3 aromatic rings. The van der Waals surface area contributed by atoms with Crippen LogP contribution in [0.3, 0.4) is 0 Å². The van der Waals surface area contributed by atoms with Gasteiger partial charge >= 0.3 is 0 Å². The van der Waals surface area contributed by atoms with Crippen LogP contribution in [0.25, 0.3) is 10.8 Å². The summed E-state index contributed by atoms with van der Waals surface area (Å²) in [6.45, 7) is 2.28. The van der Waals surface area contributed by atoms with Gasteiger partial charge in [-0.3, -0.25) is 4.79 Å². The van der Waals surface area contributed by atoms with Crippen molar-refractivity contribution < 1.29 is 4.79 Å². The van der Waals surface area contributed by atoms with Gasteiger partial charge in [0.05, 0.1) is 0 Å². The summed E-state index contributed by atoms with van der Waals surface area (Å²) in [5, 5.41) is 6.26. The molecule has 0 bridgehead atoms. The normalized spacial score (nSPS) is 20.1. The van der Waals surface area contributed by atoms with E-state index < -0.39 is 0 Å². The summed E-state index contributed by atoms with van der Waals surface area (Å²) in [7, 11) is 0. The van der Waals surface area contributed by atoms with E-state index >= 15 is 0 Å². The van der Waals surface area contributed by atoms with Gasteiger partial charge < -0.3 is 5.32 Å². The Morgan fingerprint density at radius 2 is 1.86 bits per heavy atom. The fourth-order valence-corrected chi connectivity index (χ4v) is 4.85. The maximum absolute atomic E-state index is 11.1. The predicted octanol–water partition coefficient (Wildman–Crippen LogP) is 6.52. The number of halogens is 1. The largest absolute Gasteiger partial charge is 0.307 e. The molecule has 0 amide bonds. The molecule has 3 heteroatoms. The fourth-order valence-electron chi connectivity index (χ4n) is 4.75. The highest BCUT2D eigenvalue weighted by atomic mass is 35.5. The van der Waals surface area contributed by atoms with Gasteiger partial charge in [0.25, 0.3) is 0 Å². The van der Waals surface area contributed by atoms with E-state index in [0.717, 1.165) is 12.8 Å². The third-order valence-electron chi connectivity index (χ3n) is 6.24. The van der Waals surface area contributed by atoms with E-state index in [1.54, 1.807) is 0 Å². The van der Waals surface area contributed by atoms with Gasteiger partial charge in [0, 0.05) is 18.5 Å². The standard InChI is InChI=1S/C26H28ClNO/c1-18(24-11-5-8-20-7-2-3-10-25(20)24)28-23-14-13-22(17-23)21-9-4-6-19(16-21)12-15-26(27)29/h2-11,16,18,22-23,28H,12-15,17H2,1H3/t18-,22?,23?/m1/s1. The Kier molecular flexibility index (Phi) is 6.32. The second-order valence-corrected chi connectivity index (χ2v) is 8.69. The maximum Gasteiger partial charge on any atom is 0.221 e. The summed E-state index contributed by atoms with van der Waals surface area (Å²) in [5.41, 5.74) is 3.97. The van der Waals surface area contributed by atoms with Gasteiger partial charge in [0.1, 0.15) is 0 Å². The summed E-state index contributed by atoms with van der Waals surface area (Å²) >= 11 is 5.50. The lowest BCUT2D eigenvalue weighted by atomic mass is 9.94. The highest BCUT2D eigenvalue weighted by Crippen LogP contribution is 2.36. The minimum atomic E-state index is -0.261. The number of nitrogens with one attached hydrogen (secondary N) is 1. The molecular weight excluding hydrogens is 378 g/mol. The number of hydrogen-bond acceptors (Lipinski definition) is 2. The van der Waals surface area contributed by atoms with Gasteiger partial charge in [-0.05, 0) is 77.6 Å². The van der Waals surface area contributed by atoms with Crippen molar-refractivity contribution in [2.75, 3.05) is 0 Å². The molecule has 0 aromatic heterocycles. The van der Waals surface area contributed by atoms with Crippen LogP contribution in [0.15, 0.2) is 66.7 Å². The monoisotopic (exact) mass is 405 g/mol. The Bertz CT molecular complexity index is 993. The highest BCUT2D eigenvalue weighted by Gasteiger charge is 2.27. The SMILES string of the molecule is C[C@@H](NC1CCC(c2cccc(CCC(=O)Cl)c2)C1)c1cccc2ccccc12. The minimum Gasteiger partial charge on any atom is -0.307 e. The van der Waals surface area contributed by atoms with Crippen molar-refractivity contribution in [1.82, 2.24) is 5.32 Å². The zero-order valence-corrected chi connectivity index (χ0v) is 17.7. The van der Waals surface area contributed by atoms with Gasteiger partial charge in [-0.2, -0.15) is 0 Å². The summed E-state index contributed by atoms with van der Waals surface area (Å²) in [5.74, 6) is 0.582. The summed E-state index contributed by atoms with van der Waals surface area (Å²) in [6.07, 6.45) is 4.69. The van der Waals surface area contributed by atoms with Crippen molar-refractivity contribution >= 4 is 27.6 Å². The van der Waals surface area contributed by atoms with E-state index in [2.05, 4.69) is 79.0 Å². The molecular formula is C26H28ClNO. The molecule has 150 valence electrons. The van der Waals surface area contributed by atoms with Gasteiger partial charge in [0.15, 0.2) is 0 Å². The zero-order valence-electron chi connectivity index (χ0n) is 16.9. The van der Waals surface area contributed by atoms with Gasteiger partial charge in [-0.15, -0.1) is 0 Å². The summed E-state index contributed by atoms with van der Waals surface area (Å²) < 4.78 is 0. The van der Waals surface area contributed by atoms with E-state index in [9.17, 15) is 4.79 Å². The molecule has 1 N–H and O–H groups in total. The van der Waals surface area contributed by atoms with Crippen LogP contribution >= 0.6 is 11.6 Å². The Labute approximate surface area is 178 Å². The molecule has 0 spiro atoms. The molecule has 29 heavy (non-hydrogen) atoms. The van der Waals surface area contributed by atoms with Crippen LogP contribution < -0.4 is 5.32 Å². The van der Waals surface area contributed by atoms with E-state index in [-0.39, 0.29) is 5.24 Å². The lowest BCUT2D eigenvalue weighted by Gasteiger charge is -2.21. The molecule has 0 aliphatic heterocycles. The van der Waals surface area contributed by atoms with Crippen LogP contribution in [-0.4, -0.2) is 11.3 Å². The van der Waals surface area contributed by atoms with E-state index in [1.807, 2.05) is 0 Å². The Morgan fingerprint density at radius 3 is 2.72 bits per heavy atom. The van der Waals surface area contributed by atoms with E-state index in [4.69, 9.17) is 11.6 Å². The number of rotatable bonds is 7. The molecule has 1 aliphatic rings. The summed E-state index contributed by atoms with van der Waals surface area (Å²) in [4.78, 5) is 11.1. The second-order valence-electron chi connectivity index (χ2n) is 8.26. The molecule has 3 atom stereocenters. The van der Waals surface area contributed by atoms with Crippen molar-refractivity contribution in [3.05, 3.63) is 83.4 Å². The average Bonchev–Trinajstić information content (AvgIpc) is 3.20. The highest BCUT2D eigenvalue weighted by molar-refractivity contribution is 6.63. The van der Waals surface area contributed by atoms with E-state index in [0.29, 0.717) is 24.4 Å². The van der Waals surface area contributed by atoms with Crippen LogP contribution in [0.5, 0.6) is 0 Å². The topological polar surface area (TPSA) is 29.1 Å². The number of carbonyl (C=O) groups is 1. The Morgan fingerprint density at radius 1 is 1.07 bits per heavy atom. The quantitative estimate of drug-likeness (QED) is 0.453. The molecule has 1 saturated carbocycles. The lowest BCUT2D eigenvalue weighted by molar-refractivity contribution is -0.111. The van der Waals surface area contributed by atoms with Crippen LogP contribution in [-0.2, 0) is 11.2 Å². The number of benzene rings is 3. The zero-order chi connectivity index (χ0) is 20.2. The molecule has 3 aromatic carbocycles. The van der Waals surface area contributed by atoms with Crippen molar-refractivity contribution in [3.63, 3.8) is 0 Å². The molecule has 2 unspecified atom stereocenters. The molecule has 0 heterocycles. The first-order valence-electron chi connectivity index (χ1n) is 10.6. The molecule has 0 saturated heterocycles. The third-order valence-corrected chi connectivity index (χ3v) is 6.43. The minimum absolute atomic E-state index is 0.261. The number of fused-ring (bicyclic) bond motifs is 1. The third kappa shape index (κ3) is 4.88. The van der Waals surface area contributed by atoms with Crippen molar-refractivity contribution in [2.45, 2.75) is 57.0 Å². The number of carbonyl (C=O) groups excluding carboxylic acids is 1. The summed E-state index contributed by atoms with van der Waals surface area (Å²) in [6, 6.07) is 24.8. The number of hydrogen-bond donors (Lipinski definition) is 1. The second kappa shape index (κ2) is 9.11. The van der Waals surface area contributed by atoms with Crippen molar-refractivity contribution in [3.8, 4) is 0 Å². The molecule has 4 rings (SSSR count). The van der Waals surface area contributed by atoms with Gasteiger partial charge in [-0.1, -0.05) is 66.7 Å². The van der Waals surface area contributed by atoms with Crippen LogP contribution in [0, 0.1) is 0 Å². The van der Waals surface area contributed by atoms with Crippen LogP contribution in [0.4, 0.5) is 0 Å². The Balaban J connectivity index is 1.41. The first-order chi connectivity index (χ1) is 14.1. The van der Waals surface area contributed by atoms with Gasteiger partial charge in [-0.25, -0.2) is 0 Å². The van der Waals surface area contributed by atoms with Gasteiger partial charge in [0.2, 0.25) is 5.24 Å². The Hall–Kier alpha value is -2.16. The molecule has 1 aliphatic carbocycles. The lowest BCUT2D eigenvalue weighted by Crippen LogP contribution is -2.29. The molecule has 0 radical (unpaired) electrons. The molecule has 1 fully saturated rings. The average molecular weight is 406 g/mol. The first kappa shape index (κ1) is 20.1. The predicted molar refractivity (Wildman–Crippen MR) is 122 cm³/mol. The van der Waals surface area contributed by atoms with Crippen LogP contribution in [0.2, 0.25) is 0 Å².